The van der Waals surface area contributed by atoms with Gasteiger partial charge in [0.25, 0.3) is 5.91 Å². The smallest absolute Gasteiger partial charge is 0.274 e. The Hall–Kier alpha value is -1.30. The fourth-order valence-electron chi connectivity index (χ4n) is 2.33. The van der Waals surface area contributed by atoms with Crippen LogP contribution in [0.2, 0.25) is 0 Å². The Morgan fingerprint density at radius 3 is 2.90 bits per heavy atom. The molecule has 1 saturated heterocycles. The van der Waals surface area contributed by atoms with Gasteiger partial charge >= 0.3 is 0 Å². The number of aromatic nitrogens is 2. The number of carbonyl (C=O) groups is 1. The summed E-state index contributed by atoms with van der Waals surface area (Å²) >= 11 is 0. The topological polar surface area (TPSA) is 49.6 Å². The summed E-state index contributed by atoms with van der Waals surface area (Å²) in [6, 6.07) is 5.97. The van der Waals surface area contributed by atoms with E-state index in [-0.39, 0.29) is 36.8 Å². The quantitative estimate of drug-likeness (QED) is 0.869. The fourth-order valence-corrected chi connectivity index (χ4v) is 2.33. The van der Waals surface area contributed by atoms with Gasteiger partial charge in [0.15, 0.2) is 0 Å². The summed E-state index contributed by atoms with van der Waals surface area (Å²) in [5.74, 6) is 0.0210. The number of rotatable bonds is 1. The second kappa shape index (κ2) is 6.92. The number of pyridine rings is 1. The molecule has 3 rings (SSSR count). The lowest BCUT2D eigenvalue weighted by molar-refractivity contribution is 0.0650. The molecule has 1 aliphatic heterocycles. The molecule has 3 heterocycles. The van der Waals surface area contributed by atoms with Crippen molar-refractivity contribution in [2.24, 2.45) is 0 Å². The minimum absolute atomic E-state index is 0. The van der Waals surface area contributed by atoms with Gasteiger partial charge in [-0.05, 0) is 19.1 Å². The van der Waals surface area contributed by atoms with E-state index < -0.39 is 0 Å². The molecule has 0 radical (unpaired) electrons. The number of carbonyl (C=O) groups excluding carboxylic acids is 1. The van der Waals surface area contributed by atoms with Crippen molar-refractivity contribution in [3.8, 4) is 0 Å². The highest BCUT2D eigenvalue weighted by Gasteiger charge is 2.25. The van der Waals surface area contributed by atoms with E-state index in [1.807, 2.05) is 33.7 Å². The molecule has 0 bridgehead atoms. The van der Waals surface area contributed by atoms with E-state index in [0.29, 0.717) is 5.69 Å². The Bertz CT molecular complexity index is 554. The van der Waals surface area contributed by atoms with Crippen molar-refractivity contribution in [2.75, 3.05) is 19.6 Å². The zero-order valence-electron chi connectivity index (χ0n) is 11.2. The Morgan fingerprint density at radius 1 is 1.40 bits per heavy atom. The Kier molecular flexibility index (Phi) is 5.80. The molecule has 1 atom stereocenters. The van der Waals surface area contributed by atoms with Crippen LogP contribution >= 0.6 is 24.8 Å². The Balaban J connectivity index is 0.000001000. The summed E-state index contributed by atoms with van der Waals surface area (Å²) in [5, 5.41) is 3.28. The van der Waals surface area contributed by atoms with Crippen LogP contribution in [0.25, 0.3) is 5.65 Å². The number of hydrogen-bond acceptors (Lipinski definition) is 3. The van der Waals surface area contributed by atoms with Crippen molar-refractivity contribution in [2.45, 2.75) is 13.0 Å². The summed E-state index contributed by atoms with van der Waals surface area (Å²) in [5.41, 5.74) is 1.33. The Morgan fingerprint density at radius 2 is 2.20 bits per heavy atom. The van der Waals surface area contributed by atoms with Crippen molar-refractivity contribution in [1.29, 1.82) is 0 Å². The largest absolute Gasteiger partial charge is 0.332 e. The van der Waals surface area contributed by atoms with Crippen molar-refractivity contribution in [3.63, 3.8) is 0 Å². The lowest BCUT2D eigenvalue weighted by Gasteiger charge is -2.33. The van der Waals surface area contributed by atoms with Crippen molar-refractivity contribution in [3.05, 3.63) is 36.3 Å². The number of imidazole rings is 1. The van der Waals surface area contributed by atoms with Crippen LogP contribution in [0.1, 0.15) is 17.4 Å². The predicted octanol–water partition coefficient (Wildman–Crippen LogP) is 1.61. The van der Waals surface area contributed by atoms with Gasteiger partial charge in [0.1, 0.15) is 11.3 Å². The number of nitrogens with zero attached hydrogens (tertiary/aromatic N) is 3. The van der Waals surface area contributed by atoms with E-state index in [9.17, 15) is 4.79 Å². The fraction of sp³-hybridized carbons (Fsp3) is 0.385. The standard InChI is InChI=1S/C13H16N4O.2ClH/c1-10-8-14-5-7-17(10)13(18)11-9-16-6-3-2-4-12(16)15-11;;/h2-4,6,9-10,14H,5,7-8H2,1H3;2*1H/t10-;;/m1../s1. The molecule has 1 aliphatic rings. The van der Waals surface area contributed by atoms with Gasteiger partial charge in [0.2, 0.25) is 0 Å². The molecule has 5 nitrogen and oxygen atoms in total. The first-order valence-electron chi connectivity index (χ1n) is 6.21. The average Bonchev–Trinajstić information content (AvgIpc) is 2.82. The summed E-state index contributed by atoms with van der Waals surface area (Å²) in [4.78, 5) is 18.7. The van der Waals surface area contributed by atoms with Gasteiger partial charge in [-0.15, -0.1) is 24.8 Å². The molecule has 0 aliphatic carbocycles. The monoisotopic (exact) mass is 316 g/mol. The molecule has 0 unspecified atom stereocenters. The zero-order chi connectivity index (χ0) is 12.5. The highest BCUT2D eigenvalue weighted by atomic mass is 35.5. The van der Waals surface area contributed by atoms with Gasteiger partial charge in [-0.2, -0.15) is 0 Å². The second-order valence-electron chi connectivity index (χ2n) is 4.64. The lowest BCUT2D eigenvalue weighted by atomic mass is 10.2. The number of halogens is 2. The van der Waals surface area contributed by atoms with Gasteiger partial charge in [-0.1, -0.05) is 6.07 Å². The number of amides is 1. The van der Waals surface area contributed by atoms with Gasteiger partial charge in [-0.25, -0.2) is 4.98 Å². The Labute approximate surface area is 130 Å². The van der Waals surface area contributed by atoms with E-state index in [4.69, 9.17) is 0 Å². The van der Waals surface area contributed by atoms with E-state index in [1.54, 1.807) is 6.20 Å². The van der Waals surface area contributed by atoms with E-state index >= 15 is 0 Å². The minimum atomic E-state index is 0. The molecule has 20 heavy (non-hydrogen) atoms. The molecule has 0 aromatic carbocycles. The number of piperazine rings is 1. The molecule has 0 saturated carbocycles. The van der Waals surface area contributed by atoms with Crippen molar-refractivity contribution in [1.82, 2.24) is 19.6 Å². The summed E-state index contributed by atoms with van der Waals surface area (Å²) in [6.07, 6.45) is 3.70. The normalized spacial score (nSPS) is 18.2. The summed E-state index contributed by atoms with van der Waals surface area (Å²) in [6.45, 7) is 4.50. The molecule has 0 spiro atoms. The van der Waals surface area contributed by atoms with Gasteiger partial charge in [-0.3, -0.25) is 4.79 Å². The first-order valence-corrected chi connectivity index (χ1v) is 6.21. The van der Waals surface area contributed by atoms with Crippen LogP contribution < -0.4 is 5.32 Å². The van der Waals surface area contributed by atoms with Crippen LogP contribution in [-0.4, -0.2) is 45.9 Å². The molecule has 1 amide bonds. The van der Waals surface area contributed by atoms with E-state index in [0.717, 1.165) is 25.3 Å². The number of nitrogens with one attached hydrogen (secondary N) is 1. The van der Waals surface area contributed by atoms with Crippen molar-refractivity contribution < 1.29 is 4.79 Å². The maximum atomic E-state index is 12.4. The molecule has 1 fully saturated rings. The van der Waals surface area contributed by atoms with E-state index in [2.05, 4.69) is 17.2 Å². The summed E-state index contributed by atoms with van der Waals surface area (Å²) < 4.78 is 1.88. The predicted molar refractivity (Wildman–Crippen MR) is 83.1 cm³/mol. The SMILES string of the molecule is C[C@@H]1CNCCN1C(=O)c1cn2ccccc2n1.Cl.Cl. The third-order valence-electron chi connectivity index (χ3n) is 3.35. The number of fused-ring (bicyclic) bond motifs is 1. The highest BCUT2D eigenvalue weighted by molar-refractivity contribution is 5.93. The average molecular weight is 317 g/mol. The van der Waals surface area contributed by atoms with Crippen LogP contribution in [0, 0.1) is 0 Å². The van der Waals surface area contributed by atoms with E-state index in [1.165, 1.54) is 0 Å². The molecular weight excluding hydrogens is 299 g/mol. The third-order valence-corrected chi connectivity index (χ3v) is 3.35. The first-order chi connectivity index (χ1) is 8.75. The molecule has 2 aromatic rings. The maximum absolute atomic E-state index is 12.4. The second-order valence-corrected chi connectivity index (χ2v) is 4.64. The maximum Gasteiger partial charge on any atom is 0.274 e. The van der Waals surface area contributed by atoms with Gasteiger partial charge in [0, 0.05) is 38.1 Å². The van der Waals surface area contributed by atoms with Crippen LogP contribution in [-0.2, 0) is 0 Å². The molecule has 2 aromatic heterocycles. The van der Waals surface area contributed by atoms with Gasteiger partial charge < -0.3 is 14.6 Å². The van der Waals surface area contributed by atoms with Gasteiger partial charge in [0.05, 0.1) is 0 Å². The molecule has 1 N–H and O–H groups in total. The highest BCUT2D eigenvalue weighted by Crippen LogP contribution is 2.11. The molecule has 110 valence electrons. The van der Waals surface area contributed by atoms with Crippen LogP contribution in [0.3, 0.4) is 0 Å². The zero-order valence-corrected chi connectivity index (χ0v) is 12.8. The molecular formula is C13H18Cl2N4O. The lowest BCUT2D eigenvalue weighted by Crippen LogP contribution is -2.52. The van der Waals surface area contributed by atoms with Crippen LogP contribution in [0.4, 0.5) is 0 Å². The van der Waals surface area contributed by atoms with Crippen LogP contribution in [0.15, 0.2) is 30.6 Å². The number of hydrogen-bond donors (Lipinski definition) is 1. The minimum Gasteiger partial charge on any atom is -0.332 e. The first kappa shape index (κ1) is 16.8. The molecule has 7 heteroatoms. The summed E-state index contributed by atoms with van der Waals surface area (Å²) in [7, 11) is 0. The van der Waals surface area contributed by atoms with Crippen molar-refractivity contribution >= 4 is 36.4 Å². The third kappa shape index (κ3) is 3.06. The van der Waals surface area contributed by atoms with Crippen LogP contribution in [0.5, 0.6) is 0 Å².